The monoisotopic (exact) mass is 266 g/mol. The molecule has 3 aromatic rings. The molecule has 1 aromatic carbocycles. The van der Waals surface area contributed by atoms with E-state index in [9.17, 15) is 4.79 Å². The van der Waals surface area contributed by atoms with Crippen molar-refractivity contribution in [2.24, 2.45) is 0 Å². The summed E-state index contributed by atoms with van der Waals surface area (Å²) in [5.74, 6) is 1.00. The first-order chi connectivity index (χ1) is 9.70. The Hall–Kier alpha value is -2.62. The Kier molecular flexibility index (Phi) is 2.99. The third-order valence-corrected chi connectivity index (χ3v) is 3.24. The van der Waals surface area contributed by atoms with Gasteiger partial charge in [0.2, 0.25) is 0 Å². The third kappa shape index (κ3) is 1.95. The van der Waals surface area contributed by atoms with Crippen LogP contribution in [0.5, 0.6) is 0 Å². The van der Waals surface area contributed by atoms with Gasteiger partial charge in [0.15, 0.2) is 12.0 Å². The quantitative estimate of drug-likeness (QED) is 0.682. The van der Waals surface area contributed by atoms with Gasteiger partial charge in [0.1, 0.15) is 5.76 Å². The van der Waals surface area contributed by atoms with Gasteiger partial charge in [-0.2, -0.15) is 0 Å². The van der Waals surface area contributed by atoms with E-state index in [1.165, 1.54) is 0 Å². The molecule has 0 saturated carbocycles. The molecule has 0 amide bonds. The van der Waals surface area contributed by atoms with E-state index in [4.69, 9.17) is 4.42 Å². The lowest BCUT2D eigenvalue weighted by Gasteiger charge is -2.16. The molecule has 0 aliphatic heterocycles. The lowest BCUT2D eigenvalue weighted by molar-refractivity contribution is 0.110. The van der Waals surface area contributed by atoms with Crippen molar-refractivity contribution in [3.05, 3.63) is 48.4 Å². The minimum absolute atomic E-state index is 0.328. The maximum Gasteiger partial charge on any atom is 0.185 e. The fraction of sp³-hybridized carbons (Fsp3) is 0.125. The first-order valence-corrected chi connectivity index (χ1v) is 6.31. The van der Waals surface area contributed by atoms with Crippen LogP contribution in [-0.4, -0.2) is 25.4 Å². The summed E-state index contributed by atoms with van der Waals surface area (Å²) >= 11 is 0. The number of carbonyl (C=O) groups is 1. The fourth-order valence-corrected chi connectivity index (χ4v) is 2.29. The standard InChI is InChI=1S/C16H14N2O2/c1-18(2)14-7-6-12(13-4-3-9-17-16(13)14)15-8-5-11(10-19)20-15/h3-10H,1-2H3. The molecule has 20 heavy (non-hydrogen) atoms. The average molecular weight is 266 g/mol. The summed E-state index contributed by atoms with van der Waals surface area (Å²) in [5.41, 5.74) is 2.90. The van der Waals surface area contributed by atoms with E-state index in [0.717, 1.165) is 22.2 Å². The van der Waals surface area contributed by atoms with Crippen molar-refractivity contribution in [1.29, 1.82) is 0 Å². The van der Waals surface area contributed by atoms with Crippen LogP contribution in [0.4, 0.5) is 5.69 Å². The van der Waals surface area contributed by atoms with Crippen LogP contribution in [0.15, 0.2) is 47.0 Å². The van der Waals surface area contributed by atoms with Gasteiger partial charge in [-0.25, -0.2) is 0 Å². The van der Waals surface area contributed by atoms with Gasteiger partial charge in [0.25, 0.3) is 0 Å². The van der Waals surface area contributed by atoms with Crippen molar-refractivity contribution < 1.29 is 9.21 Å². The zero-order valence-corrected chi connectivity index (χ0v) is 11.3. The van der Waals surface area contributed by atoms with Crippen molar-refractivity contribution in [3.63, 3.8) is 0 Å². The molecule has 0 atom stereocenters. The molecule has 0 bridgehead atoms. The zero-order valence-electron chi connectivity index (χ0n) is 11.3. The van der Waals surface area contributed by atoms with Crippen LogP contribution in [0.25, 0.3) is 22.2 Å². The lowest BCUT2D eigenvalue weighted by Crippen LogP contribution is -2.09. The Morgan fingerprint density at radius 3 is 2.70 bits per heavy atom. The van der Waals surface area contributed by atoms with E-state index in [1.807, 2.05) is 43.3 Å². The Labute approximate surface area is 116 Å². The average Bonchev–Trinajstić information content (AvgIpc) is 2.94. The smallest absolute Gasteiger partial charge is 0.185 e. The van der Waals surface area contributed by atoms with Gasteiger partial charge in [-0.05, 0) is 30.3 Å². The second-order valence-corrected chi connectivity index (χ2v) is 4.75. The van der Waals surface area contributed by atoms with Crippen LogP contribution in [0.3, 0.4) is 0 Å². The van der Waals surface area contributed by atoms with Crippen molar-refractivity contribution in [2.75, 3.05) is 19.0 Å². The summed E-state index contributed by atoms with van der Waals surface area (Å²) < 4.78 is 5.52. The van der Waals surface area contributed by atoms with E-state index < -0.39 is 0 Å². The van der Waals surface area contributed by atoms with Crippen LogP contribution < -0.4 is 4.90 Å². The lowest BCUT2D eigenvalue weighted by atomic mass is 10.0. The Morgan fingerprint density at radius 1 is 1.15 bits per heavy atom. The molecule has 0 aliphatic carbocycles. The van der Waals surface area contributed by atoms with Gasteiger partial charge in [-0.15, -0.1) is 0 Å². The number of pyridine rings is 1. The highest BCUT2D eigenvalue weighted by molar-refractivity contribution is 6.00. The highest BCUT2D eigenvalue weighted by Crippen LogP contribution is 2.33. The molecule has 0 saturated heterocycles. The van der Waals surface area contributed by atoms with Gasteiger partial charge >= 0.3 is 0 Å². The molecule has 2 aromatic heterocycles. The van der Waals surface area contributed by atoms with E-state index in [2.05, 4.69) is 4.98 Å². The summed E-state index contributed by atoms with van der Waals surface area (Å²) in [6.45, 7) is 0. The van der Waals surface area contributed by atoms with E-state index in [-0.39, 0.29) is 0 Å². The Balaban J connectivity index is 2.27. The summed E-state index contributed by atoms with van der Waals surface area (Å²) in [7, 11) is 3.97. The number of hydrogen-bond donors (Lipinski definition) is 0. The number of nitrogens with zero attached hydrogens (tertiary/aromatic N) is 2. The minimum atomic E-state index is 0.328. The summed E-state index contributed by atoms with van der Waals surface area (Å²) in [6.07, 6.45) is 2.48. The number of hydrogen-bond acceptors (Lipinski definition) is 4. The fourth-order valence-electron chi connectivity index (χ4n) is 2.29. The molecule has 0 fully saturated rings. The topological polar surface area (TPSA) is 46.3 Å². The molecule has 3 rings (SSSR count). The second kappa shape index (κ2) is 4.81. The molecule has 100 valence electrons. The maximum absolute atomic E-state index is 10.7. The predicted octanol–water partition coefficient (Wildman–Crippen LogP) is 3.37. The van der Waals surface area contributed by atoms with Crippen LogP contribution in [-0.2, 0) is 0 Å². The summed E-state index contributed by atoms with van der Waals surface area (Å²) in [5, 5.41) is 1.01. The molecule has 0 unspecified atom stereocenters. The van der Waals surface area contributed by atoms with E-state index >= 15 is 0 Å². The van der Waals surface area contributed by atoms with Gasteiger partial charge in [0, 0.05) is 31.2 Å². The first-order valence-electron chi connectivity index (χ1n) is 6.31. The zero-order chi connectivity index (χ0) is 14.1. The van der Waals surface area contributed by atoms with Crippen molar-refractivity contribution in [2.45, 2.75) is 0 Å². The second-order valence-electron chi connectivity index (χ2n) is 4.75. The number of carbonyl (C=O) groups excluding carboxylic acids is 1. The van der Waals surface area contributed by atoms with E-state index in [1.54, 1.807) is 18.3 Å². The number of aromatic nitrogens is 1. The van der Waals surface area contributed by atoms with Crippen LogP contribution in [0.2, 0.25) is 0 Å². The number of anilines is 1. The Bertz CT molecular complexity index is 775. The van der Waals surface area contributed by atoms with Crippen molar-refractivity contribution in [1.82, 2.24) is 4.98 Å². The normalized spacial score (nSPS) is 10.7. The molecule has 0 N–H and O–H groups in total. The largest absolute Gasteiger partial charge is 0.453 e. The summed E-state index contributed by atoms with van der Waals surface area (Å²) in [6, 6.07) is 11.4. The highest BCUT2D eigenvalue weighted by atomic mass is 16.3. The van der Waals surface area contributed by atoms with Crippen LogP contribution in [0, 0.1) is 0 Å². The molecule has 0 spiro atoms. The maximum atomic E-state index is 10.7. The van der Waals surface area contributed by atoms with E-state index in [0.29, 0.717) is 17.8 Å². The third-order valence-electron chi connectivity index (χ3n) is 3.24. The molecule has 4 heteroatoms. The van der Waals surface area contributed by atoms with Gasteiger partial charge in [-0.1, -0.05) is 6.07 Å². The molecular weight excluding hydrogens is 252 g/mol. The van der Waals surface area contributed by atoms with Gasteiger partial charge in [0.05, 0.1) is 11.2 Å². The van der Waals surface area contributed by atoms with Crippen LogP contribution in [0.1, 0.15) is 10.6 Å². The number of aldehydes is 1. The molecule has 4 nitrogen and oxygen atoms in total. The Morgan fingerprint density at radius 2 is 2.00 bits per heavy atom. The van der Waals surface area contributed by atoms with Gasteiger partial charge in [-0.3, -0.25) is 9.78 Å². The number of rotatable bonds is 3. The number of fused-ring (bicyclic) bond motifs is 1. The molecule has 2 heterocycles. The van der Waals surface area contributed by atoms with Gasteiger partial charge < -0.3 is 9.32 Å². The van der Waals surface area contributed by atoms with Crippen LogP contribution >= 0.6 is 0 Å². The molecule has 0 aliphatic rings. The summed E-state index contributed by atoms with van der Waals surface area (Å²) in [4.78, 5) is 17.2. The predicted molar refractivity (Wildman–Crippen MR) is 79.2 cm³/mol. The van der Waals surface area contributed by atoms with Crippen molar-refractivity contribution in [3.8, 4) is 11.3 Å². The molecule has 0 radical (unpaired) electrons. The minimum Gasteiger partial charge on any atom is -0.453 e. The van der Waals surface area contributed by atoms with Crippen molar-refractivity contribution >= 4 is 22.9 Å². The first kappa shape index (κ1) is 12.4. The molecular formula is C16H14N2O2. The highest BCUT2D eigenvalue weighted by Gasteiger charge is 2.12. The number of benzene rings is 1. The number of furan rings is 1. The SMILES string of the molecule is CN(C)c1ccc(-c2ccc(C=O)o2)c2cccnc12.